The van der Waals surface area contributed by atoms with Gasteiger partial charge in [-0.1, -0.05) is 28.9 Å². The van der Waals surface area contributed by atoms with E-state index in [1.54, 1.807) is 6.92 Å². The van der Waals surface area contributed by atoms with Crippen molar-refractivity contribution in [3.8, 4) is 0 Å². The highest BCUT2D eigenvalue weighted by Crippen LogP contribution is 2.23. The van der Waals surface area contributed by atoms with Crippen LogP contribution in [0.15, 0.2) is 22.7 Å². The van der Waals surface area contributed by atoms with Gasteiger partial charge in [0.25, 0.3) is 0 Å². The summed E-state index contributed by atoms with van der Waals surface area (Å²) in [6.07, 6.45) is 0.437. The number of hydrogen-bond donors (Lipinski definition) is 0. The first kappa shape index (κ1) is 16.6. The number of aromatic nitrogens is 2. The van der Waals surface area contributed by atoms with E-state index in [0.717, 1.165) is 24.2 Å². The van der Waals surface area contributed by atoms with Crippen molar-refractivity contribution in [2.24, 2.45) is 0 Å². The van der Waals surface area contributed by atoms with E-state index in [1.807, 2.05) is 11.9 Å². The van der Waals surface area contributed by atoms with Crippen LogP contribution in [0.5, 0.6) is 0 Å². The van der Waals surface area contributed by atoms with E-state index in [9.17, 15) is 4.79 Å². The van der Waals surface area contributed by atoms with Crippen LogP contribution in [0.3, 0.4) is 0 Å². The molecule has 1 fully saturated rings. The highest BCUT2D eigenvalue weighted by molar-refractivity contribution is 5.79. The van der Waals surface area contributed by atoms with Crippen molar-refractivity contribution >= 4 is 5.91 Å². The molecule has 1 saturated heterocycles. The molecule has 0 saturated carbocycles. The molecule has 1 amide bonds. The lowest BCUT2D eigenvalue weighted by molar-refractivity contribution is -0.133. The van der Waals surface area contributed by atoms with E-state index in [4.69, 9.17) is 4.52 Å². The van der Waals surface area contributed by atoms with Crippen LogP contribution in [-0.4, -0.2) is 52.5 Å². The minimum atomic E-state index is -0.0393. The summed E-state index contributed by atoms with van der Waals surface area (Å²) in [7, 11) is 2.02. The molecule has 6 heteroatoms. The Labute approximate surface area is 142 Å². The smallest absolute Gasteiger partial charge is 0.245 e. The average Bonchev–Trinajstić information content (AvgIpc) is 2.97. The summed E-state index contributed by atoms with van der Waals surface area (Å²) in [6, 6.07) is 6.21. The Morgan fingerprint density at radius 2 is 2.08 bits per heavy atom. The third-order valence-electron chi connectivity index (χ3n) is 4.68. The van der Waals surface area contributed by atoms with Crippen LogP contribution in [0.25, 0.3) is 0 Å². The number of piperazine rings is 1. The summed E-state index contributed by atoms with van der Waals surface area (Å²) in [5, 5.41) is 3.87. The van der Waals surface area contributed by atoms with Gasteiger partial charge < -0.3 is 9.42 Å². The van der Waals surface area contributed by atoms with Crippen molar-refractivity contribution in [3.63, 3.8) is 0 Å². The molecular formula is C18H24N4O2. The van der Waals surface area contributed by atoms with Gasteiger partial charge in [-0.15, -0.1) is 0 Å². The lowest BCUT2D eigenvalue weighted by atomic mass is 10.0. The van der Waals surface area contributed by atoms with Crippen LogP contribution < -0.4 is 0 Å². The Balaban J connectivity index is 1.72. The van der Waals surface area contributed by atoms with Gasteiger partial charge in [0.2, 0.25) is 11.8 Å². The first-order valence-corrected chi connectivity index (χ1v) is 8.28. The Morgan fingerprint density at radius 3 is 2.79 bits per heavy atom. The summed E-state index contributed by atoms with van der Waals surface area (Å²) < 4.78 is 5.31. The third kappa shape index (κ3) is 3.48. The van der Waals surface area contributed by atoms with Gasteiger partial charge >= 0.3 is 0 Å². The quantitative estimate of drug-likeness (QED) is 0.863. The second-order valence-electron chi connectivity index (χ2n) is 6.62. The van der Waals surface area contributed by atoms with Crippen molar-refractivity contribution in [2.75, 3.05) is 26.7 Å². The molecule has 0 radical (unpaired) electrons. The predicted octanol–water partition coefficient (Wildman–Crippen LogP) is 2.05. The number of nitrogens with zero attached hydrogens (tertiary/aromatic N) is 4. The standard InChI is InChI=1S/C18H24N4O2/c1-12-5-6-13(2)15(9-12)10-17(23)22-8-7-21(4)16(11-22)18-19-14(3)20-24-18/h5-6,9,16H,7-8,10-11H2,1-4H3/t16-/m1/s1. The topological polar surface area (TPSA) is 62.5 Å². The van der Waals surface area contributed by atoms with Crippen LogP contribution >= 0.6 is 0 Å². The van der Waals surface area contributed by atoms with Gasteiger partial charge in [0, 0.05) is 19.6 Å². The molecule has 0 bridgehead atoms. The van der Waals surface area contributed by atoms with Crippen LogP contribution in [0.1, 0.15) is 34.4 Å². The average molecular weight is 328 g/mol. The molecule has 128 valence electrons. The number of carbonyl (C=O) groups is 1. The van der Waals surface area contributed by atoms with E-state index < -0.39 is 0 Å². The minimum Gasteiger partial charge on any atom is -0.339 e. The molecule has 2 heterocycles. The van der Waals surface area contributed by atoms with Gasteiger partial charge in [0.1, 0.15) is 6.04 Å². The lowest BCUT2D eigenvalue weighted by Crippen LogP contribution is -2.49. The van der Waals surface area contributed by atoms with Crippen LogP contribution in [0.2, 0.25) is 0 Å². The lowest BCUT2D eigenvalue weighted by Gasteiger charge is -2.37. The molecular weight excluding hydrogens is 304 g/mol. The van der Waals surface area contributed by atoms with Gasteiger partial charge in [-0.25, -0.2) is 0 Å². The molecule has 2 aromatic rings. The molecule has 1 atom stereocenters. The fourth-order valence-corrected chi connectivity index (χ4v) is 3.08. The second-order valence-corrected chi connectivity index (χ2v) is 6.62. The summed E-state index contributed by atoms with van der Waals surface area (Å²) in [4.78, 5) is 21.2. The maximum Gasteiger partial charge on any atom is 0.245 e. The van der Waals surface area contributed by atoms with Crippen LogP contribution in [0, 0.1) is 20.8 Å². The largest absolute Gasteiger partial charge is 0.339 e. The highest BCUT2D eigenvalue weighted by Gasteiger charge is 2.32. The van der Waals surface area contributed by atoms with Gasteiger partial charge in [0.05, 0.1) is 6.42 Å². The fraction of sp³-hybridized carbons (Fsp3) is 0.500. The molecule has 24 heavy (non-hydrogen) atoms. The summed E-state index contributed by atoms with van der Waals surface area (Å²) >= 11 is 0. The Hall–Kier alpha value is -2.21. The first-order valence-electron chi connectivity index (χ1n) is 8.28. The molecule has 0 aliphatic carbocycles. The number of likely N-dealkylation sites (N-methyl/N-ethyl adjacent to an activating group) is 1. The number of hydrogen-bond acceptors (Lipinski definition) is 5. The zero-order valence-corrected chi connectivity index (χ0v) is 14.7. The van der Waals surface area contributed by atoms with E-state index in [1.165, 1.54) is 5.56 Å². The number of amides is 1. The highest BCUT2D eigenvalue weighted by atomic mass is 16.5. The number of benzene rings is 1. The van der Waals surface area contributed by atoms with Crippen molar-refractivity contribution < 1.29 is 9.32 Å². The monoisotopic (exact) mass is 328 g/mol. The second kappa shape index (κ2) is 6.73. The van der Waals surface area contributed by atoms with Gasteiger partial charge in [-0.05, 0) is 38.9 Å². The van der Waals surface area contributed by atoms with Gasteiger partial charge in [-0.2, -0.15) is 4.98 Å². The Kier molecular flexibility index (Phi) is 4.66. The molecule has 1 aliphatic rings. The normalized spacial score (nSPS) is 18.8. The Bertz CT molecular complexity index is 740. The third-order valence-corrected chi connectivity index (χ3v) is 4.68. The van der Waals surface area contributed by atoms with E-state index >= 15 is 0 Å². The van der Waals surface area contributed by atoms with E-state index in [0.29, 0.717) is 24.7 Å². The molecule has 1 aliphatic heterocycles. The Morgan fingerprint density at radius 1 is 1.29 bits per heavy atom. The fourth-order valence-electron chi connectivity index (χ4n) is 3.08. The molecule has 1 aromatic carbocycles. The van der Waals surface area contributed by atoms with Crippen molar-refractivity contribution in [3.05, 3.63) is 46.6 Å². The first-order chi connectivity index (χ1) is 11.4. The SMILES string of the molecule is Cc1ccc(C)c(CC(=O)N2CCN(C)[C@@H](c3nc(C)no3)C2)c1. The number of aryl methyl sites for hydroxylation is 3. The molecule has 3 rings (SSSR count). The summed E-state index contributed by atoms with van der Waals surface area (Å²) in [5.74, 6) is 1.36. The molecule has 0 unspecified atom stereocenters. The van der Waals surface area contributed by atoms with Crippen molar-refractivity contribution in [1.29, 1.82) is 0 Å². The molecule has 6 nitrogen and oxygen atoms in total. The van der Waals surface area contributed by atoms with Crippen molar-refractivity contribution in [1.82, 2.24) is 19.9 Å². The van der Waals surface area contributed by atoms with Gasteiger partial charge in [-0.3, -0.25) is 9.69 Å². The predicted molar refractivity (Wildman–Crippen MR) is 90.6 cm³/mol. The van der Waals surface area contributed by atoms with E-state index in [-0.39, 0.29) is 11.9 Å². The van der Waals surface area contributed by atoms with Crippen molar-refractivity contribution in [2.45, 2.75) is 33.2 Å². The van der Waals surface area contributed by atoms with E-state index in [2.05, 4.69) is 47.1 Å². The zero-order valence-electron chi connectivity index (χ0n) is 14.7. The maximum atomic E-state index is 12.8. The zero-order chi connectivity index (χ0) is 17.3. The number of carbonyl (C=O) groups excluding carboxylic acids is 1. The van der Waals surface area contributed by atoms with Crippen LogP contribution in [0.4, 0.5) is 0 Å². The summed E-state index contributed by atoms with van der Waals surface area (Å²) in [6.45, 7) is 8.02. The molecule has 0 N–H and O–H groups in total. The summed E-state index contributed by atoms with van der Waals surface area (Å²) in [5.41, 5.74) is 3.44. The number of rotatable bonds is 3. The van der Waals surface area contributed by atoms with Gasteiger partial charge in [0.15, 0.2) is 5.82 Å². The molecule has 0 spiro atoms. The minimum absolute atomic E-state index is 0.0393. The molecule has 1 aromatic heterocycles. The van der Waals surface area contributed by atoms with Crippen LogP contribution in [-0.2, 0) is 11.2 Å². The maximum absolute atomic E-state index is 12.8.